The molecule has 1 saturated heterocycles. The zero-order chi connectivity index (χ0) is 18.7. The van der Waals surface area contributed by atoms with E-state index in [1.54, 1.807) is 0 Å². The maximum atomic E-state index is 12.8. The molecule has 5 rings (SSSR count). The first-order valence-corrected chi connectivity index (χ1v) is 9.19. The highest BCUT2D eigenvalue weighted by Crippen LogP contribution is 2.39. The number of aromatic amines is 1. The summed E-state index contributed by atoms with van der Waals surface area (Å²) in [6, 6.07) is 6.46. The average molecular weight is 355 g/mol. The number of allylic oxidation sites excluding steroid dienone is 3. The van der Waals surface area contributed by atoms with E-state index in [-0.39, 0.29) is 17.9 Å². The highest BCUT2D eigenvalue weighted by Gasteiger charge is 2.37. The number of carbonyl (C=O) groups excluding carboxylic acids is 1. The lowest BCUT2D eigenvalue weighted by molar-refractivity contribution is -0.115. The summed E-state index contributed by atoms with van der Waals surface area (Å²) >= 11 is 0. The molecule has 1 aromatic carbocycles. The van der Waals surface area contributed by atoms with Crippen LogP contribution in [0.2, 0.25) is 0 Å². The maximum Gasteiger partial charge on any atom is 0.256 e. The lowest BCUT2D eigenvalue weighted by atomic mass is 9.86. The lowest BCUT2D eigenvalue weighted by Gasteiger charge is -2.18. The second kappa shape index (κ2) is 5.61. The molecule has 1 aliphatic carbocycles. The molecule has 4 heteroatoms. The van der Waals surface area contributed by atoms with E-state index in [1.165, 1.54) is 11.1 Å². The van der Waals surface area contributed by atoms with Gasteiger partial charge in [-0.15, -0.1) is 0 Å². The molecule has 134 valence electrons. The van der Waals surface area contributed by atoms with Crippen molar-refractivity contribution in [2.24, 2.45) is 5.92 Å². The van der Waals surface area contributed by atoms with Gasteiger partial charge < -0.3 is 15.6 Å². The summed E-state index contributed by atoms with van der Waals surface area (Å²) in [4.78, 5) is 16.1. The van der Waals surface area contributed by atoms with E-state index < -0.39 is 0 Å². The SMILES string of the molecule is C=C1NC2C=CC(C)=CC2/C1=C1/C=C(c2c[nH]c3ccc(C)cc23)NC1=O. The van der Waals surface area contributed by atoms with Crippen molar-refractivity contribution >= 4 is 22.5 Å². The van der Waals surface area contributed by atoms with Gasteiger partial charge in [0, 0.05) is 39.9 Å². The van der Waals surface area contributed by atoms with Crippen LogP contribution in [0.1, 0.15) is 18.1 Å². The molecule has 0 spiro atoms. The van der Waals surface area contributed by atoms with E-state index in [0.29, 0.717) is 5.57 Å². The number of fused-ring (bicyclic) bond motifs is 2. The first-order chi connectivity index (χ1) is 13.0. The van der Waals surface area contributed by atoms with Crippen molar-refractivity contribution in [3.8, 4) is 0 Å². The Bertz CT molecular complexity index is 1140. The quantitative estimate of drug-likeness (QED) is 0.681. The molecule has 2 atom stereocenters. The number of rotatable bonds is 1. The predicted octanol–water partition coefficient (Wildman–Crippen LogP) is 3.86. The number of H-pyrrole nitrogens is 1. The van der Waals surface area contributed by atoms with Gasteiger partial charge in [0.05, 0.1) is 11.7 Å². The molecule has 1 aromatic heterocycles. The molecule has 2 unspecified atom stereocenters. The normalized spacial score (nSPS) is 26.7. The van der Waals surface area contributed by atoms with E-state index in [0.717, 1.165) is 33.4 Å². The highest BCUT2D eigenvalue weighted by atomic mass is 16.1. The van der Waals surface area contributed by atoms with Crippen LogP contribution in [0.5, 0.6) is 0 Å². The van der Waals surface area contributed by atoms with Crippen molar-refractivity contribution in [3.63, 3.8) is 0 Å². The van der Waals surface area contributed by atoms with Gasteiger partial charge in [0.15, 0.2) is 0 Å². The van der Waals surface area contributed by atoms with Gasteiger partial charge in [-0.25, -0.2) is 0 Å². The van der Waals surface area contributed by atoms with E-state index >= 15 is 0 Å². The minimum atomic E-state index is -0.0637. The summed E-state index contributed by atoms with van der Waals surface area (Å²) in [7, 11) is 0. The topological polar surface area (TPSA) is 56.9 Å². The molecule has 0 radical (unpaired) electrons. The Morgan fingerprint density at radius 3 is 2.89 bits per heavy atom. The molecule has 3 heterocycles. The van der Waals surface area contributed by atoms with Gasteiger partial charge in [-0.3, -0.25) is 4.79 Å². The first kappa shape index (κ1) is 15.9. The molecule has 1 amide bonds. The minimum absolute atomic E-state index is 0.0637. The van der Waals surface area contributed by atoms with Gasteiger partial charge >= 0.3 is 0 Å². The number of benzene rings is 1. The summed E-state index contributed by atoms with van der Waals surface area (Å²) in [6.07, 6.45) is 10.4. The first-order valence-electron chi connectivity index (χ1n) is 9.19. The second-order valence-corrected chi connectivity index (χ2v) is 7.54. The Hall–Kier alpha value is -3.27. The van der Waals surface area contributed by atoms with E-state index in [2.05, 4.69) is 72.5 Å². The fourth-order valence-corrected chi connectivity index (χ4v) is 4.28. The minimum Gasteiger partial charge on any atom is -0.378 e. The summed E-state index contributed by atoms with van der Waals surface area (Å²) < 4.78 is 0. The Labute approximate surface area is 158 Å². The van der Waals surface area contributed by atoms with Crippen LogP contribution in [-0.2, 0) is 4.79 Å². The number of amides is 1. The van der Waals surface area contributed by atoms with Gasteiger partial charge in [-0.1, -0.05) is 42.0 Å². The Morgan fingerprint density at radius 2 is 2.04 bits per heavy atom. The third-order valence-electron chi connectivity index (χ3n) is 5.59. The molecule has 4 nitrogen and oxygen atoms in total. The Kier molecular flexibility index (Phi) is 3.31. The summed E-state index contributed by atoms with van der Waals surface area (Å²) in [5.41, 5.74) is 7.85. The lowest BCUT2D eigenvalue weighted by Crippen LogP contribution is -2.24. The molecule has 0 bridgehead atoms. The Morgan fingerprint density at radius 1 is 1.19 bits per heavy atom. The monoisotopic (exact) mass is 355 g/mol. The molecule has 2 aromatic rings. The number of hydrogen-bond donors (Lipinski definition) is 3. The summed E-state index contributed by atoms with van der Waals surface area (Å²) in [5, 5.41) is 7.59. The summed E-state index contributed by atoms with van der Waals surface area (Å²) in [5.74, 6) is 0.0790. The molecular formula is C23H21N3O. The van der Waals surface area contributed by atoms with Crippen LogP contribution in [-0.4, -0.2) is 16.9 Å². The maximum absolute atomic E-state index is 12.8. The van der Waals surface area contributed by atoms with Gasteiger partial charge in [-0.05, 0) is 37.6 Å². The number of aromatic nitrogens is 1. The van der Waals surface area contributed by atoms with Crippen molar-refractivity contribution in [1.29, 1.82) is 0 Å². The van der Waals surface area contributed by atoms with Crippen LogP contribution < -0.4 is 10.6 Å². The van der Waals surface area contributed by atoms with Gasteiger partial charge in [0.1, 0.15) is 0 Å². The zero-order valence-corrected chi connectivity index (χ0v) is 15.4. The van der Waals surface area contributed by atoms with E-state index in [4.69, 9.17) is 0 Å². The number of nitrogens with one attached hydrogen (secondary N) is 3. The van der Waals surface area contributed by atoms with Gasteiger partial charge in [-0.2, -0.15) is 0 Å². The Balaban J connectivity index is 1.64. The largest absolute Gasteiger partial charge is 0.378 e. The van der Waals surface area contributed by atoms with Crippen molar-refractivity contribution in [2.45, 2.75) is 19.9 Å². The molecule has 0 saturated carbocycles. The van der Waals surface area contributed by atoms with Crippen LogP contribution in [0.15, 0.2) is 77.7 Å². The molecular weight excluding hydrogens is 334 g/mol. The van der Waals surface area contributed by atoms with Crippen LogP contribution in [0.3, 0.4) is 0 Å². The molecule has 3 N–H and O–H groups in total. The van der Waals surface area contributed by atoms with Crippen molar-refractivity contribution in [2.75, 3.05) is 0 Å². The van der Waals surface area contributed by atoms with Crippen LogP contribution >= 0.6 is 0 Å². The number of aryl methyl sites for hydroxylation is 1. The van der Waals surface area contributed by atoms with Gasteiger partial charge in [0.2, 0.25) is 0 Å². The highest BCUT2D eigenvalue weighted by molar-refractivity contribution is 6.11. The van der Waals surface area contributed by atoms with E-state index in [9.17, 15) is 4.79 Å². The van der Waals surface area contributed by atoms with Crippen LogP contribution in [0.4, 0.5) is 0 Å². The number of hydrogen-bond acceptors (Lipinski definition) is 2. The number of carbonyl (C=O) groups is 1. The smallest absolute Gasteiger partial charge is 0.256 e. The van der Waals surface area contributed by atoms with Crippen molar-refractivity contribution in [3.05, 3.63) is 88.8 Å². The van der Waals surface area contributed by atoms with Gasteiger partial charge in [0.25, 0.3) is 5.91 Å². The second-order valence-electron chi connectivity index (χ2n) is 7.54. The average Bonchev–Trinajstić information content (AvgIpc) is 3.29. The van der Waals surface area contributed by atoms with Crippen LogP contribution in [0.25, 0.3) is 16.6 Å². The predicted molar refractivity (Wildman–Crippen MR) is 109 cm³/mol. The molecule has 27 heavy (non-hydrogen) atoms. The molecule has 3 aliphatic rings. The standard InChI is InChI=1S/C23H21N3O/c1-12-4-6-19-15(8-12)18(11-24-19)21-10-17(23(27)26-21)22-14(3)25-20-7-5-13(2)9-16(20)22/h4-11,16,20,24-25H,3H2,1-2H3,(H,26,27)/b22-17-. The molecule has 2 aliphatic heterocycles. The fourth-order valence-electron chi connectivity index (χ4n) is 4.28. The zero-order valence-electron chi connectivity index (χ0n) is 15.4. The third kappa shape index (κ3) is 2.40. The third-order valence-corrected chi connectivity index (χ3v) is 5.59. The van der Waals surface area contributed by atoms with E-state index in [1.807, 2.05) is 12.3 Å². The van der Waals surface area contributed by atoms with Crippen molar-refractivity contribution in [1.82, 2.24) is 15.6 Å². The fraction of sp³-hybridized carbons (Fsp3) is 0.174. The van der Waals surface area contributed by atoms with Crippen LogP contribution in [0, 0.1) is 12.8 Å². The van der Waals surface area contributed by atoms with Crippen molar-refractivity contribution < 1.29 is 4.79 Å². The summed E-state index contributed by atoms with van der Waals surface area (Å²) in [6.45, 7) is 8.32. The molecule has 1 fully saturated rings.